The van der Waals surface area contributed by atoms with Crippen LogP contribution in [0.15, 0.2) is 18.2 Å². The van der Waals surface area contributed by atoms with Crippen LogP contribution in [0.3, 0.4) is 0 Å². The normalized spacial score (nSPS) is 27.7. The summed E-state index contributed by atoms with van der Waals surface area (Å²) in [4.78, 5) is 18.7. The Balaban J connectivity index is 1.45. The number of H-pyrrole nitrogens is 1. The van der Waals surface area contributed by atoms with E-state index in [0.29, 0.717) is 24.9 Å². The number of aromatic amines is 1. The van der Waals surface area contributed by atoms with Crippen LogP contribution in [0, 0.1) is 5.92 Å². The molecule has 1 saturated carbocycles. The molecule has 3 aliphatic rings. The Kier molecular flexibility index (Phi) is 4.67. The van der Waals surface area contributed by atoms with Crippen LogP contribution in [0.4, 0.5) is 8.78 Å². The molecule has 1 aromatic heterocycles. The van der Waals surface area contributed by atoms with Crippen LogP contribution in [0.25, 0.3) is 10.9 Å². The predicted octanol–water partition coefficient (Wildman–Crippen LogP) is 3.14. The van der Waals surface area contributed by atoms with Crippen LogP contribution < -0.4 is 5.32 Å². The van der Waals surface area contributed by atoms with Crippen LogP contribution in [-0.4, -0.2) is 59.1 Å². The fourth-order valence-corrected chi connectivity index (χ4v) is 5.59. The average Bonchev–Trinajstić information content (AvgIpc) is 3.48. The number of hydrogen-bond donors (Lipinski definition) is 3. The highest BCUT2D eigenvalue weighted by atomic mass is 19.3. The first-order valence-electron chi connectivity index (χ1n) is 10.9. The number of benzene rings is 1. The van der Waals surface area contributed by atoms with E-state index < -0.39 is 24.5 Å². The van der Waals surface area contributed by atoms with E-state index in [4.69, 9.17) is 0 Å². The molecule has 0 radical (unpaired) electrons. The van der Waals surface area contributed by atoms with Gasteiger partial charge >= 0.3 is 0 Å². The highest BCUT2D eigenvalue weighted by Gasteiger charge is 2.44. The summed E-state index contributed by atoms with van der Waals surface area (Å²) < 4.78 is 27.3. The Morgan fingerprint density at radius 1 is 1.40 bits per heavy atom. The van der Waals surface area contributed by atoms with Crippen LogP contribution in [0.5, 0.6) is 0 Å². The van der Waals surface area contributed by atoms with Crippen molar-refractivity contribution in [2.45, 2.75) is 62.4 Å². The maximum Gasteiger partial charge on any atom is 0.267 e. The first-order valence-corrected chi connectivity index (χ1v) is 10.9. The summed E-state index contributed by atoms with van der Waals surface area (Å²) in [6.07, 6.45) is 4.09. The molecule has 30 heavy (non-hydrogen) atoms. The van der Waals surface area contributed by atoms with Gasteiger partial charge in [-0.05, 0) is 55.8 Å². The average molecular weight is 418 g/mol. The summed E-state index contributed by atoms with van der Waals surface area (Å²) in [7, 11) is 2.03. The highest BCUT2D eigenvalue weighted by Crippen LogP contribution is 2.50. The van der Waals surface area contributed by atoms with Crippen molar-refractivity contribution in [2.75, 3.05) is 20.2 Å². The van der Waals surface area contributed by atoms with Gasteiger partial charge in [0, 0.05) is 42.0 Å². The van der Waals surface area contributed by atoms with Crippen molar-refractivity contribution in [1.29, 1.82) is 0 Å². The minimum absolute atomic E-state index is 0.188. The van der Waals surface area contributed by atoms with Gasteiger partial charge in [-0.15, -0.1) is 0 Å². The number of aliphatic hydroxyl groups excluding tert-OH is 1. The molecule has 0 bridgehead atoms. The van der Waals surface area contributed by atoms with Crippen molar-refractivity contribution in [3.63, 3.8) is 0 Å². The van der Waals surface area contributed by atoms with Gasteiger partial charge < -0.3 is 20.3 Å². The molecule has 2 heterocycles. The first kappa shape index (κ1) is 19.9. The summed E-state index contributed by atoms with van der Waals surface area (Å²) in [6.45, 7) is 0.485. The van der Waals surface area contributed by atoms with Crippen molar-refractivity contribution in [3.05, 3.63) is 35.0 Å². The number of piperidine rings is 1. The molecule has 4 atom stereocenters. The molecule has 3 N–H and O–H groups in total. The number of alkyl halides is 2. The number of aromatic nitrogens is 1. The minimum atomic E-state index is -3.16. The van der Waals surface area contributed by atoms with Gasteiger partial charge in [-0.2, -0.15) is 0 Å². The zero-order chi connectivity index (χ0) is 21.2. The van der Waals surface area contributed by atoms with E-state index in [2.05, 4.69) is 33.4 Å². The Morgan fingerprint density at radius 2 is 2.17 bits per heavy atom. The number of rotatable bonds is 5. The molecule has 7 heteroatoms. The SMILES string of the molecule is CN1CC(C(=O)NC(CO)C(C)(F)F)CC2c3cccc4[nH]c(C5CC5)c(c34)CC21. The third-order valence-corrected chi connectivity index (χ3v) is 7.35. The molecule has 5 nitrogen and oxygen atoms in total. The number of nitrogens with zero attached hydrogens (tertiary/aromatic N) is 1. The van der Waals surface area contributed by atoms with E-state index in [0.717, 1.165) is 13.3 Å². The number of aliphatic hydroxyl groups is 1. The van der Waals surface area contributed by atoms with E-state index in [-0.39, 0.29) is 11.8 Å². The second kappa shape index (κ2) is 7.02. The second-order valence-electron chi connectivity index (χ2n) is 9.51. The largest absolute Gasteiger partial charge is 0.394 e. The topological polar surface area (TPSA) is 68.4 Å². The van der Waals surface area contributed by atoms with Crippen LogP contribution in [-0.2, 0) is 11.2 Å². The Morgan fingerprint density at radius 3 is 2.83 bits per heavy atom. The van der Waals surface area contributed by atoms with Gasteiger partial charge in [-0.25, -0.2) is 8.78 Å². The molecule has 162 valence electrons. The van der Waals surface area contributed by atoms with Crippen molar-refractivity contribution in [1.82, 2.24) is 15.2 Å². The fourth-order valence-electron chi connectivity index (χ4n) is 5.59. The summed E-state index contributed by atoms with van der Waals surface area (Å²) in [5, 5.41) is 13.0. The van der Waals surface area contributed by atoms with Gasteiger partial charge in [0.05, 0.1) is 12.5 Å². The van der Waals surface area contributed by atoms with Gasteiger partial charge in [0.15, 0.2) is 0 Å². The number of hydrogen-bond acceptors (Lipinski definition) is 3. The van der Waals surface area contributed by atoms with Gasteiger partial charge in [-0.3, -0.25) is 4.79 Å². The van der Waals surface area contributed by atoms with Gasteiger partial charge in [0.1, 0.15) is 6.04 Å². The van der Waals surface area contributed by atoms with Crippen LogP contribution >= 0.6 is 0 Å². The molecule has 1 saturated heterocycles. The Bertz CT molecular complexity index is 979. The van der Waals surface area contributed by atoms with E-state index in [1.54, 1.807) is 0 Å². The van der Waals surface area contributed by atoms with E-state index in [9.17, 15) is 18.7 Å². The lowest BCUT2D eigenvalue weighted by Crippen LogP contribution is -2.55. The number of carbonyl (C=O) groups is 1. The maximum atomic E-state index is 13.7. The van der Waals surface area contributed by atoms with Crippen molar-refractivity contribution in [3.8, 4) is 0 Å². The zero-order valence-corrected chi connectivity index (χ0v) is 17.4. The number of fused-ring (bicyclic) bond motifs is 2. The fraction of sp³-hybridized carbons (Fsp3) is 0.609. The lowest BCUT2D eigenvalue weighted by molar-refractivity contribution is -0.132. The summed E-state index contributed by atoms with van der Waals surface area (Å²) in [5.74, 6) is -3.11. The van der Waals surface area contributed by atoms with Crippen molar-refractivity contribution >= 4 is 16.8 Å². The van der Waals surface area contributed by atoms with Crippen LogP contribution in [0.2, 0.25) is 0 Å². The summed E-state index contributed by atoms with van der Waals surface area (Å²) >= 11 is 0. The molecule has 5 rings (SSSR count). The third kappa shape index (κ3) is 3.23. The minimum Gasteiger partial charge on any atom is -0.394 e. The molecular formula is C23H29F2N3O2. The summed E-state index contributed by atoms with van der Waals surface area (Å²) in [6, 6.07) is 5.11. The Hall–Kier alpha value is -1.99. The zero-order valence-electron chi connectivity index (χ0n) is 17.4. The molecular weight excluding hydrogens is 388 g/mol. The van der Waals surface area contributed by atoms with E-state index in [1.165, 1.54) is 40.6 Å². The molecule has 2 aromatic rings. The quantitative estimate of drug-likeness (QED) is 0.700. The third-order valence-electron chi connectivity index (χ3n) is 7.35. The highest BCUT2D eigenvalue weighted by molar-refractivity contribution is 5.90. The van der Waals surface area contributed by atoms with Crippen LogP contribution in [0.1, 0.15) is 54.8 Å². The first-order chi connectivity index (χ1) is 14.3. The number of carbonyl (C=O) groups excluding carboxylic acids is 1. The molecule has 2 aliphatic carbocycles. The smallest absolute Gasteiger partial charge is 0.267 e. The van der Waals surface area contributed by atoms with Crippen molar-refractivity contribution < 1.29 is 18.7 Å². The van der Waals surface area contributed by atoms with Crippen molar-refractivity contribution in [2.24, 2.45) is 5.92 Å². The van der Waals surface area contributed by atoms with Gasteiger partial charge in [0.2, 0.25) is 5.91 Å². The monoisotopic (exact) mass is 417 g/mol. The number of nitrogens with one attached hydrogen (secondary N) is 2. The molecule has 1 amide bonds. The number of halogens is 2. The Labute approximate surface area is 174 Å². The molecule has 2 fully saturated rings. The maximum absolute atomic E-state index is 13.7. The number of amides is 1. The van der Waals surface area contributed by atoms with E-state index >= 15 is 0 Å². The lowest BCUT2D eigenvalue weighted by Gasteiger charge is -2.45. The standard InChI is InChI=1S/C23H29F2N3O2/c1-23(24,25)19(11-29)27-22(30)13-8-15-14-4-3-5-17-20(14)16(9-18(15)28(2)10-13)21(26-17)12-6-7-12/h3-5,12-13,15,18-19,26,29H,6-11H2,1-2H3,(H,27,30). The van der Waals surface area contributed by atoms with Gasteiger partial charge in [0.25, 0.3) is 5.92 Å². The molecule has 1 aromatic carbocycles. The molecule has 0 spiro atoms. The number of likely N-dealkylation sites (tertiary alicyclic amines) is 1. The second-order valence-corrected chi connectivity index (χ2v) is 9.51. The summed E-state index contributed by atoms with van der Waals surface area (Å²) in [5.41, 5.74) is 5.26. The molecule has 4 unspecified atom stereocenters. The predicted molar refractivity (Wildman–Crippen MR) is 111 cm³/mol. The lowest BCUT2D eigenvalue weighted by atomic mass is 9.71. The molecule has 1 aliphatic heterocycles. The van der Waals surface area contributed by atoms with E-state index in [1.807, 2.05) is 7.05 Å². The number of likely N-dealkylation sites (N-methyl/N-ethyl adjacent to an activating group) is 1. The van der Waals surface area contributed by atoms with Gasteiger partial charge in [-0.1, -0.05) is 12.1 Å².